The Morgan fingerprint density at radius 2 is 2.24 bits per heavy atom. The zero-order chi connectivity index (χ0) is 15.0. The Balaban J connectivity index is 1.73. The minimum absolute atomic E-state index is 0.116. The van der Waals surface area contributed by atoms with Gasteiger partial charge in [-0.25, -0.2) is 0 Å². The van der Waals surface area contributed by atoms with Crippen LogP contribution in [-0.2, 0) is 0 Å². The first-order valence-corrected chi connectivity index (χ1v) is 7.53. The summed E-state index contributed by atoms with van der Waals surface area (Å²) < 4.78 is 0. The first-order valence-electron chi connectivity index (χ1n) is 7.53. The van der Waals surface area contributed by atoms with Gasteiger partial charge in [0.25, 0.3) is 5.69 Å². The van der Waals surface area contributed by atoms with E-state index in [1.54, 1.807) is 12.1 Å². The smallest absolute Gasteiger partial charge is 0.287 e. The molecule has 0 aliphatic heterocycles. The van der Waals surface area contributed by atoms with Crippen LogP contribution in [0.15, 0.2) is 18.2 Å². The van der Waals surface area contributed by atoms with Crippen molar-refractivity contribution in [1.29, 1.82) is 5.26 Å². The summed E-state index contributed by atoms with van der Waals surface area (Å²) >= 11 is 0. The molecule has 2 fully saturated rings. The average Bonchev–Trinajstić information content (AvgIpc) is 3.09. The predicted molar refractivity (Wildman–Crippen MR) is 79.8 cm³/mol. The van der Waals surface area contributed by atoms with Gasteiger partial charge in [0, 0.05) is 17.8 Å². The summed E-state index contributed by atoms with van der Waals surface area (Å²) in [6.45, 7) is 2.18. The third kappa shape index (κ3) is 2.58. The molecule has 1 aromatic carbocycles. The van der Waals surface area contributed by atoms with Crippen molar-refractivity contribution in [2.45, 2.75) is 38.6 Å². The van der Waals surface area contributed by atoms with Crippen molar-refractivity contribution in [3.8, 4) is 6.07 Å². The molecule has 2 aliphatic carbocycles. The van der Waals surface area contributed by atoms with Gasteiger partial charge in [-0.3, -0.25) is 10.1 Å². The molecule has 5 heteroatoms. The number of hydrogen-bond acceptors (Lipinski definition) is 4. The summed E-state index contributed by atoms with van der Waals surface area (Å²) in [4.78, 5) is 10.3. The molecule has 5 nitrogen and oxygen atoms in total. The van der Waals surface area contributed by atoms with Crippen molar-refractivity contribution >= 4 is 11.4 Å². The maximum absolute atomic E-state index is 10.8. The fourth-order valence-corrected chi connectivity index (χ4v) is 4.15. The van der Waals surface area contributed by atoms with Crippen LogP contribution in [0.4, 0.5) is 11.4 Å². The van der Waals surface area contributed by atoms with Crippen LogP contribution < -0.4 is 5.32 Å². The molecular weight excluding hydrogens is 266 g/mol. The van der Waals surface area contributed by atoms with Crippen LogP contribution in [0.25, 0.3) is 0 Å². The van der Waals surface area contributed by atoms with Gasteiger partial charge in [-0.05, 0) is 56.1 Å². The monoisotopic (exact) mass is 285 g/mol. The van der Waals surface area contributed by atoms with Crippen LogP contribution in [0.5, 0.6) is 0 Å². The van der Waals surface area contributed by atoms with Crippen LogP contribution in [0, 0.1) is 39.2 Å². The highest BCUT2D eigenvalue weighted by molar-refractivity contribution is 5.59. The number of nitro groups is 1. The lowest BCUT2D eigenvalue weighted by atomic mass is 9.84. The van der Waals surface area contributed by atoms with Crippen LogP contribution in [0.1, 0.15) is 38.2 Å². The molecule has 0 heterocycles. The summed E-state index contributed by atoms with van der Waals surface area (Å²) in [6, 6.07) is 6.94. The van der Waals surface area contributed by atoms with Crippen LogP contribution in [0.3, 0.4) is 0 Å². The van der Waals surface area contributed by atoms with E-state index in [2.05, 4.69) is 12.2 Å². The first kappa shape index (κ1) is 13.9. The second kappa shape index (κ2) is 5.36. The van der Waals surface area contributed by atoms with Gasteiger partial charge in [-0.1, -0.05) is 6.42 Å². The molecule has 2 saturated carbocycles. The molecule has 4 atom stereocenters. The number of benzene rings is 1. The van der Waals surface area contributed by atoms with Gasteiger partial charge in [0.2, 0.25) is 0 Å². The SMILES string of the molecule is CC(Nc1ccc([N+](=O)[O-])c(C#N)c1)C1CC2CCC1C2. The fourth-order valence-electron chi connectivity index (χ4n) is 4.15. The molecule has 0 saturated heterocycles. The molecule has 4 unspecified atom stereocenters. The van der Waals surface area contributed by atoms with E-state index in [0.717, 1.165) is 17.5 Å². The van der Waals surface area contributed by atoms with E-state index in [1.807, 2.05) is 6.07 Å². The highest BCUT2D eigenvalue weighted by Crippen LogP contribution is 2.49. The Bertz CT molecular complexity index is 608. The number of hydrogen-bond donors (Lipinski definition) is 1. The molecule has 2 bridgehead atoms. The minimum Gasteiger partial charge on any atom is -0.382 e. The van der Waals surface area contributed by atoms with Crippen LogP contribution in [-0.4, -0.2) is 11.0 Å². The maximum Gasteiger partial charge on any atom is 0.287 e. The van der Waals surface area contributed by atoms with E-state index < -0.39 is 4.92 Å². The number of rotatable bonds is 4. The highest BCUT2D eigenvalue weighted by Gasteiger charge is 2.41. The number of anilines is 1. The van der Waals surface area contributed by atoms with Gasteiger partial charge >= 0.3 is 0 Å². The molecule has 0 spiro atoms. The predicted octanol–water partition coefficient (Wildman–Crippen LogP) is 3.70. The summed E-state index contributed by atoms with van der Waals surface area (Å²) in [5, 5.41) is 23.3. The number of nitro benzene ring substituents is 1. The molecule has 2 aliphatic rings. The molecule has 3 rings (SSSR count). The largest absolute Gasteiger partial charge is 0.382 e. The third-order valence-corrected chi connectivity index (χ3v) is 5.14. The fraction of sp³-hybridized carbons (Fsp3) is 0.562. The van der Waals surface area contributed by atoms with Crippen LogP contribution >= 0.6 is 0 Å². The number of fused-ring (bicyclic) bond motifs is 2. The summed E-state index contributed by atoms with van der Waals surface area (Å²) in [6.07, 6.45) is 5.37. The summed E-state index contributed by atoms with van der Waals surface area (Å²) in [7, 11) is 0. The highest BCUT2D eigenvalue weighted by atomic mass is 16.6. The Morgan fingerprint density at radius 1 is 1.43 bits per heavy atom. The number of nitrogens with one attached hydrogen (secondary N) is 1. The Morgan fingerprint density at radius 3 is 2.81 bits per heavy atom. The van der Waals surface area contributed by atoms with Gasteiger partial charge in [-0.15, -0.1) is 0 Å². The second-order valence-corrected chi connectivity index (χ2v) is 6.37. The Kier molecular flexibility index (Phi) is 3.54. The van der Waals surface area contributed by atoms with Crippen molar-refractivity contribution in [3.05, 3.63) is 33.9 Å². The quantitative estimate of drug-likeness (QED) is 0.675. The lowest BCUT2D eigenvalue weighted by molar-refractivity contribution is -0.385. The zero-order valence-corrected chi connectivity index (χ0v) is 12.1. The summed E-state index contributed by atoms with van der Waals surface area (Å²) in [5.74, 6) is 2.41. The van der Waals surface area contributed by atoms with Crippen LogP contribution in [0.2, 0.25) is 0 Å². The van der Waals surface area contributed by atoms with Gasteiger partial charge < -0.3 is 5.32 Å². The second-order valence-electron chi connectivity index (χ2n) is 6.37. The molecule has 21 heavy (non-hydrogen) atoms. The summed E-state index contributed by atoms with van der Waals surface area (Å²) in [5.41, 5.74) is 0.785. The Hall–Kier alpha value is -2.09. The van der Waals surface area contributed by atoms with E-state index in [0.29, 0.717) is 12.0 Å². The van der Waals surface area contributed by atoms with Gasteiger partial charge in [-0.2, -0.15) is 5.26 Å². The van der Waals surface area contributed by atoms with Crippen molar-refractivity contribution < 1.29 is 4.92 Å². The number of nitrogens with zero attached hydrogens (tertiary/aromatic N) is 2. The normalized spacial score (nSPS) is 28.1. The molecule has 1 N–H and O–H groups in total. The van der Waals surface area contributed by atoms with Crippen molar-refractivity contribution in [3.63, 3.8) is 0 Å². The van der Waals surface area contributed by atoms with E-state index in [4.69, 9.17) is 5.26 Å². The van der Waals surface area contributed by atoms with E-state index >= 15 is 0 Å². The average molecular weight is 285 g/mol. The molecule has 0 radical (unpaired) electrons. The lowest BCUT2D eigenvalue weighted by Gasteiger charge is -2.29. The van der Waals surface area contributed by atoms with E-state index in [9.17, 15) is 10.1 Å². The van der Waals surface area contributed by atoms with Gasteiger partial charge in [0.1, 0.15) is 11.6 Å². The zero-order valence-electron chi connectivity index (χ0n) is 12.1. The van der Waals surface area contributed by atoms with Crippen molar-refractivity contribution in [1.82, 2.24) is 0 Å². The van der Waals surface area contributed by atoms with E-state index in [1.165, 1.54) is 31.7 Å². The van der Waals surface area contributed by atoms with Gasteiger partial charge in [0.15, 0.2) is 0 Å². The third-order valence-electron chi connectivity index (χ3n) is 5.14. The molecule has 0 amide bonds. The standard InChI is InChI=1S/C16H19N3O2/c1-10(15-7-11-2-3-12(15)6-11)18-14-4-5-16(19(20)21)13(8-14)9-17/h4-5,8,10-12,15,18H,2-3,6-7H2,1H3. The first-order chi connectivity index (χ1) is 10.1. The number of nitriles is 1. The lowest BCUT2D eigenvalue weighted by Crippen LogP contribution is -2.29. The van der Waals surface area contributed by atoms with Crippen molar-refractivity contribution in [2.24, 2.45) is 17.8 Å². The molecule has 0 aromatic heterocycles. The molecule has 110 valence electrons. The van der Waals surface area contributed by atoms with Crippen molar-refractivity contribution in [2.75, 3.05) is 5.32 Å². The maximum atomic E-state index is 10.8. The Labute approximate surface area is 124 Å². The van der Waals surface area contributed by atoms with Gasteiger partial charge in [0.05, 0.1) is 4.92 Å². The topological polar surface area (TPSA) is 79.0 Å². The molecule has 1 aromatic rings. The minimum atomic E-state index is -0.512. The van der Waals surface area contributed by atoms with E-state index in [-0.39, 0.29) is 11.3 Å². The molecular formula is C16H19N3O2.